The molecule has 1 atom stereocenters. The van der Waals surface area contributed by atoms with Gasteiger partial charge in [0.15, 0.2) is 0 Å². The highest BCUT2D eigenvalue weighted by molar-refractivity contribution is 5.36. The molecule has 0 saturated heterocycles. The van der Waals surface area contributed by atoms with Crippen molar-refractivity contribution in [3.8, 4) is 0 Å². The molecule has 0 fully saturated rings. The Kier molecular flexibility index (Phi) is 5.66. The normalized spacial score (nSPS) is 12.8. The number of benzene rings is 1. The second-order valence-electron chi connectivity index (χ2n) is 4.86. The van der Waals surface area contributed by atoms with Crippen LogP contribution in [0.5, 0.6) is 0 Å². The van der Waals surface area contributed by atoms with Crippen molar-refractivity contribution in [2.45, 2.75) is 53.1 Å². The first-order valence-electron chi connectivity index (χ1n) is 6.49. The molecule has 1 aromatic carbocycles. The maximum Gasteiger partial charge on any atom is 0.0445 e. The molecule has 0 aliphatic rings. The molecular formula is C15H25NO. The lowest BCUT2D eigenvalue weighted by atomic mass is 10.0. The third-order valence-electron chi connectivity index (χ3n) is 3.50. The fourth-order valence-corrected chi connectivity index (χ4v) is 2.07. The van der Waals surface area contributed by atoms with Gasteiger partial charge in [-0.15, -0.1) is 0 Å². The van der Waals surface area contributed by atoms with E-state index < -0.39 is 0 Å². The van der Waals surface area contributed by atoms with E-state index in [2.05, 4.69) is 45.1 Å². The molecule has 0 heterocycles. The molecule has 17 heavy (non-hydrogen) atoms. The van der Waals surface area contributed by atoms with Gasteiger partial charge in [-0.3, -0.25) is 0 Å². The molecule has 1 unspecified atom stereocenters. The van der Waals surface area contributed by atoms with Crippen molar-refractivity contribution < 1.29 is 5.11 Å². The second-order valence-corrected chi connectivity index (χ2v) is 4.86. The lowest BCUT2D eigenvalue weighted by Crippen LogP contribution is -2.29. The van der Waals surface area contributed by atoms with Crippen LogP contribution in [0.25, 0.3) is 0 Å². The fraction of sp³-hybridized carbons (Fsp3) is 0.600. The van der Waals surface area contributed by atoms with Crippen molar-refractivity contribution >= 4 is 0 Å². The van der Waals surface area contributed by atoms with Gasteiger partial charge in [-0.1, -0.05) is 19.1 Å². The van der Waals surface area contributed by atoms with E-state index >= 15 is 0 Å². The van der Waals surface area contributed by atoms with Crippen LogP contribution in [0.4, 0.5) is 0 Å². The molecule has 0 aliphatic carbocycles. The zero-order chi connectivity index (χ0) is 12.8. The first-order chi connectivity index (χ1) is 8.08. The minimum absolute atomic E-state index is 0.261. The van der Waals surface area contributed by atoms with Crippen molar-refractivity contribution in [3.05, 3.63) is 34.4 Å². The summed E-state index contributed by atoms with van der Waals surface area (Å²) in [4.78, 5) is 0. The van der Waals surface area contributed by atoms with E-state index in [1.54, 1.807) is 0 Å². The maximum absolute atomic E-state index is 8.96. The minimum Gasteiger partial charge on any atom is -0.396 e. The molecule has 1 rings (SSSR count). The van der Waals surface area contributed by atoms with Crippen LogP contribution in [0, 0.1) is 20.8 Å². The summed E-state index contributed by atoms with van der Waals surface area (Å²) >= 11 is 0. The van der Waals surface area contributed by atoms with Gasteiger partial charge >= 0.3 is 0 Å². The van der Waals surface area contributed by atoms with Gasteiger partial charge in [-0.25, -0.2) is 0 Å². The van der Waals surface area contributed by atoms with Crippen molar-refractivity contribution in [3.63, 3.8) is 0 Å². The van der Waals surface area contributed by atoms with Gasteiger partial charge in [0.1, 0.15) is 0 Å². The van der Waals surface area contributed by atoms with Crippen LogP contribution in [0.1, 0.15) is 42.0 Å². The molecule has 2 nitrogen and oxygen atoms in total. The van der Waals surface area contributed by atoms with Crippen LogP contribution in [0.15, 0.2) is 12.1 Å². The van der Waals surface area contributed by atoms with Crippen LogP contribution < -0.4 is 5.32 Å². The third kappa shape index (κ3) is 4.14. The largest absolute Gasteiger partial charge is 0.396 e. The molecule has 0 spiro atoms. The number of aliphatic hydroxyl groups excluding tert-OH is 1. The summed E-state index contributed by atoms with van der Waals surface area (Å²) in [6.45, 7) is 9.78. The van der Waals surface area contributed by atoms with Crippen LogP contribution in [-0.4, -0.2) is 17.8 Å². The van der Waals surface area contributed by atoms with Gasteiger partial charge in [0.25, 0.3) is 0 Å². The smallest absolute Gasteiger partial charge is 0.0445 e. The Morgan fingerprint density at radius 3 is 2.35 bits per heavy atom. The van der Waals surface area contributed by atoms with Crippen LogP contribution in [-0.2, 0) is 6.54 Å². The highest BCUT2D eigenvalue weighted by atomic mass is 16.3. The third-order valence-corrected chi connectivity index (χ3v) is 3.50. The minimum atomic E-state index is 0.261. The van der Waals surface area contributed by atoms with Crippen LogP contribution in [0.2, 0.25) is 0 Å². The Hall–Kier alpha value is -0.860. The SMILES string of the molecule is CCC(CCO)NCc1cc(C)c(C)cc1C. The number of nitrogens with one attached hydrogen (secondary N) is 1. The van der Waals surface area contributed by atoms with E-state index in [4.69, 9.17) is 5.11 Å². The van der Waals surface area contributed by atoms with E-state index in [0.717, 1.165) is 19.4 Å². The summed E-state index contributed by atoms with van der Waals surface area (Å²) in [6.07, 6.45) is 1.89. The van der Waals surface area contributed by atoms with Crippen molar-refractivity contribution in [2.24, 2.45) is 0 Å². The summed E-state index contributed by atoms with van der Waals surface area (Å²) in [5, 5.41) is 12.5. The quantitative estimate of drug-likeness (QED) is 0.794. The number of hydrogen-bond acceptors (Lipinski definition) is 2. The molecule has 96 valence electrons. The van der Waals surface area contributed by atoms with Gasteiger partial charge < -0.3 is 10.4 Å². The molecule has 0 radical (unpaired) electrons. The number of aryl methyl sites for hydroxylation is 3. The fourth-order valence-electron chi connectivity index (χ4n) is 2.07. The number of aliphatic hydroxyl groups is 1. The van der Waals surface area contributed by atoms with Crippen LogP contribution in [0.3, 0.4) is 0 Å². The van der Waals surface area contributed by atoms with E-state index in [1.165, 1.54) is 22.3 Å². The number of rotatable bonds is 6. The second kappa shape index (κ2) is 6.77. The monoisotopic (exact) mass is 235 g/mol. The zero-order valence-electron chi connectivity index (χ0n) is 11.5. The van der Waals surface area contributed by atoms with E-state index in [0.29, 0.717) is 6.04 Å². The average molecular weight is 235 g/mol. The average Bonchev–Trinajstić information content (AvgIpc) is 2.30. The Morgan fingerprint density at radius 1 is 1.12 bits per heavy atom. The predicted octanol–water partition coefficient (Wildman–Crippen LogP) is 2.86. The molecular weight excluding hydrogens is 210 g/mol. The van der Waals surface area contributed by atoms with Gasteiger partial charge in [-0.05, 0) is 55.9 Å². The van der Waals surface area contributed by atoms with Gasteiger partial charge in [-0.2, -0.15) is 0 Å². The first-order valence-corrected chi connectivity index (χ1v) is 6.49. The summed E-state index contributed by atoms with van der Waals surface area (Å²) in [5.74, 6) is 0. The lowest BCUT2D eigenvalue weighted by molar-refractivity contribution is 0.262. The Balaban J connectivity index is 2.65. The molecule has 0 aliphatic heterocycles. The van der Waals surface area contributed by atoms with E-state index in [1.807, 2.05) is 0 Å². The lowest BCUT2D eigenvalue weighted by Gasteiger charge is -2.17. The molecule has 2 N–H and O–H groups in total. The molecule has 0 saturated carbocycles. The van der Waals surface area contributed by atoms with Gasteiger partial charge in [0.05, 0.1) is 0 Å². The molecule has 0 aromatic heterocycles. The molecule has 0 bridgehead atoms. The van der Waals surface area contributed by atoms with Crippen molar-refractivity contribution in [2.75, 3.05) is 6.61 Å². The number of hydrogen-bond donors (Lipinski definition) is 2. The van der Waals surface area contributed by atoms with E-state index in [9.17, 15) is 0 Å². The topological polar surface area (TPSA) is 32.3 Å². The summed E-state index contributed by atoms with van der Waals surface area (Å²) in [5.41, 5.74) is 5.42. The molecule has 0 amide bonds. The summed E-state index contributed by atoms with van der Waals surface area (Å²) < 4.78 is 0. The Bertz CT molecular complexity index is 360. The maximum atomic E-state index is 8.96. The molecule has 1 aromatic rings. The highest BCUT2D eigenvalue weighted by Gasteiger charge is 2.06. The predicted molar refractivity (Wildman–Crippen MR) is 73.3 cm³/mol. The zero-order valence-corrected chi connectivity index (χ0v) is 11.5. The summed E-state index contributed by atoms with van der Waals surface area (Å²) in [6, 6.07) is 4.93. The first kappa shape index (κ1) is 14.2. The van der Waals surface area contributed by atoms with Crippen LogP contribution >= 0.6 is 0 Å². The van der Waals surface area contributed by atoms with Gasteiger partial charge in [0, 0.05) is 19.2 Å². The standard InChI is InChI=1S/C15H25NO/c1-5-15(6-7-17)16-10-14-9-12(3)11(2)8-13(14)4/h8-9,15-17H,5-7,10H2,1-4H3. The molecule has 2 heteroatoms. The Morgan fingerprint density at radius 2 is 1.76 bits per heavy atom. The van der Waals surface area contributed by atoms with Gasteiger partial charge in [0.2, 0.25) is 0 Å². The summed E-state index contributed by atoms with van der Waals surface area (Å²) in [7, 11) is 0. The van der Waals surface area contributed by atoms with E-state index in [-0.39, 0.29) is 6.61 Å². The van der Waals surface area contributed by atoms with Crippen molar-refractivity contribution in [1.82, 2.24) is 5.32 Å². The highest BCUT2D eigenvalue weighted by Crippen LogP contribution is 2.15. The van der Waals surface area contributed by atoms with Crippen molar-refractivity contribution in [1.29, 1.82) is 0 Å². The Labute approximate surface area is 105 Å².